The molecule has 1 aliphatic heterocycles. The Kier molecular flexibility index (Phi) is 4.42. The highest BCUT2D eigenvalue weighted by Gasteiger charge is 2.39. The summed E-state index contributed by atoms with van der Waals surface area (Å²) in [5.41, 5.74) is 5.09. The number of amides is 1. The van der Waals surface area contributed by atoms with Crippen molar-refractivity contribution in [1.82, 2.24) is 10.2 Å². The fourth-order valence-corrected chi connectivity index (χ4v) is 2.46. The van der Waals surface area contributed by atoms with Crippen LogP contribution in [0.4, 0.5) is 4.39 Å². The Balaban J connectivity index is 2.21. The number of oxime groups is 1. The fraction of sp³-hybridized carbons (Fsp3) is 0.429. The predicted molar refractivity (Wildman–Crippen MR) is 76.7 cm³/mol. The lowest BCUT2D eigenvalue weighted by atomic mass is 9.86. The van der Waals surface area contributed by atoms with Crippen LogP contribution >= 0.6 is 0 Å². The van der Waals surface area contributed by atoms with E-state index in [-0.39, 0.29) is 11.4 Å². The number of carbonyl (C=O) groups is 1. The molecule has 1 fully saturated rings. The Morgan fingerprint density at radius 2 is 2.14 bits per heavy atom. The third kappa shape index (κ3) is 3.30. The second-order valence-corrected chi connectivity index (χ2v) is 5.34. The minimum absolute atomic E-state index is 0.0275. The maximum absolute atomic E-state index is 13.2. The summed E-state index contributed by atoms with van der Waals surface area (Å²) in [5, 5.41) is 14.8. The number of hydrogen-bond acceptors (Lipinski definition) is 4. The van der Waals surface area contributed by atoms with E-state index < -0.39 is 17.3 Å². The molecule has 0 unspecified atom stereocenters. The first kappa shape index (κ1) is 15.2. The molecule has 6 nitrogen and oxygen atoms in total. The predicted octanol–water partition coefficient (Wildman–Crippen LogP) is 0.766. The van der Waals surface area contributed by atoms with E-state index in [0.29, 0.717) is 25.9 Å². The largest absolute Gasteiger partial charge is 0.409 e. The van der Waals surface area contributed by atoms with Crippen molar-refractivity contribution in [3.63, 3.8) is 0 Å². The van der Waals surface area contributed by atoms with E-state index in [2.05, 4.69) is 15.4 Å². The van der Waals surface area contributed by atoms with Crippen molar-refractivity contribution in [2.75, 3.05) is 20.1 Å². The maximum atomic E-state index is 13.2. The lowest BCUT2D eigenvalue weighted by molar-refractivity contribution is 0.0886. The van der Waals surface area contributed by atoms with Crippen LogP contribution < -0.4 is 11.1 Å². The molecule has 1 heterocycles. The van der Waals surface area contributed by atoms with E-state index in [0.717, 1.165) is 6.07 Å². The van der Waals surface area contributed by atoms with Crippen molar-refractivity contribution < 1.29 is 14.4 Å². The molecule has 1 aromatic carbocycles. The summed E-state index contributed by atoms with van der Waals surface area (Å²) < 4.78 is 13.2. The third-order valence-electron chi connectivity index (χ3n) is 3.88. The lowest BCUT2D eigenvalue weighted by Gasteiger charge is -2.40. The standard InChI is InChI=1S/C14H19FN4O2/c1-19-7-5-14(6-8-19,13(16)18-21)17-12(20)10-3-2-4-11(15)9-10/h2-4,9,21H,5-8H2,1H3,(H2,16,18)(H,17,20). The van der Waals surface area contributed by atoms with Gasteiger partial charge in [0.05, 0.1) is 0 Å². The number of hydrogen-bond donors (Lipinski definition) is 3. The van der Waals surface area contributed by atoms with Crippen LogP contribution in [0.1, 0.15) is 23.2 Å². The Labute approximate surface area is 122 Å². The van der Waals surface area contributed by atoms with Gasteiger partial charge in [0, 0.05) is 18.7 Å². The molecular weight excluding hydrogens is 275 g/mol. The normalized spacial score (nSPS) is 19.2. The molecule has 0 bridgehead atoms. The summed E-state index contributed by atoms with van der Waals surface area (Å²) in [4.78, 5) is 14.4. The molecule has 4 N–H and O–H groups in total. The van der Waals surface area contributed by atoms with E-state index in [1.165, 1.54) is 18.2 Å². The Bertz CT molecular complexity index is 554. The van der Waals surface area contributed by atoms with Crippen LogP contribution in [0.2, 0.25) is 0 Å². The Morgan fingerprint density at radius 1 is 1.48 bits per heavy atom. The molecule has 0 radical (unpaired) electrons. The number of carbonyl (C=O) groups excluding carboxylic acids is 1. The molecule has 114 valence electrons. The Hall–Kier alpha value is -2.15. The van der Waals surface area contributed by atoms with Crippen molar-refractivity contribution >= 4 is 11.7 Å². The van der Waals surface area contributed by atoms with Crippen molar-refractivity contribution in [3.8, 4) is 0 Å². The molecular formula is C14H19FN4O2. The topological polar surface area (TPSA) is 91.0 Å². The highest BCUT2D eigenvalue weighted by Crippen LogP contribution is 2.22. The number of nitrogens with two attached hydrogens (primary N) is 1. The van der Waals surface area contributed by atoms with Crippen LogP contribution in [-0.2, 0) is 0 Å². The van der Waals surface area contributed by atoms with Gasteiger partial charge in [0.1, 0.15) is 11.4 Å². The van der Waals surface area contributed by atoms with Crippen LogP contribution in [0.5, 0.6) is 0 Å². The van der Waals surface area contributed by atoms with Gasteiger partial charge in [-0.25, -0.2) is 4.39 Å². The van der Waals surface area contributed by atoms with Crippen molar-refractivity contribution in [1.29, 1.82) is 0 Å². The SMILES string of the molecule is CN1CCC(NC(=O)c2cccc(F)c2)(/C(N)=N/O)CC1. The van der Waals surface area contributed by atoms with Gasteiger partial charge in [0.2, 0.25) is 0 Å². The second-order valence-electron chi connectivity index (χ2n) is 5.34. The number of halogens is 1. The van der Waals surface area contributed by atoms with E-state index in [4.69, 9.17) is 10.9 Å². The average Bonchev–Trinajstić information content (AvgIpc) is 2.49. The molecule has 0 saturated carbocycles. The van der Waals surface area contributed by atoms with Crippen LogP contribution in [0, 0.1) is 5.82 Å². The minimum Gasteiger partial charge on any atom is -0.409 e. The molecule has 21 heavy (non-hydrogen) atoms. The number of amidine groups is 1. The summed E-state index contributed by atoms with van der Waals surface area (Å²) in [6.45, 7) is 1.42. The first-order valence-electron chi connectivity index (χ1n) is 6.71. The van der Waals surface area contributed by atoms with Gasteiger partial charge in [-0.3, -0.25) is 4.79 Å². The van der Waals surface area contributed by atoms with Gasteiger partial charge in [0.15, 0.2) is 5.84 Å². The first-order valence-corrected chi connectivity index (χ1v) is 6.71. The molecule has 1 aromatic rings. The zero-order valence-electron chi connectivity index (χ0n) is 11.8. The van der Waals surface area contributed by atoms with Gasteiger partial charge in [-0.1, -0.05) is 11.2 Å². The zero-order valence-corrected chi connectivity index (χ0v) is 11.8. The summed E-state index contributed by atoms with van der Waals surface area (Å²) in [6.07, 6.45) is 1.06. The number of likely N-dealkylation sites (tertiary alicyclic amines) is 1. The van der Waals surface area contributed by atoms with E-state index >= 15 is 0 Å². The van der Waals surface area contributed by atoms with E-state index in [9.17, 15) is 9.18 Å². The molecule has 1 saturated heterocycles. The van der Waals surface area contributed by atoms with Gasteiger partial charge >= 0.3 is 0 Å². The first-order chi connectivity index (χ1) is 9.97. The fourth-order valence-electron chi connectivity index (χ4n) is 2.46. The summed E-state index contributed by atoms with van der Waals surface area (Å²) in [5.74, 6) is -0.949. The molecule has 0 aliphatic carbocycles. The molecule has 0 spiro atoms. The monoisotopic (exact) mass is 294 g/mol. The van der Waals surface area contributed by atoms with Gasteiger partial charge in [0.25, 0.3) is 5.91 Å². The van der Waals surface area contributed by atoms with Crippen molar-refractivity contribution in [3.05, 3.63) is 35.6 Å². The van der Waals surface area contributed by atoms with Gasteiger partial charge in [-0.15, -0.1) is 0 Å². The van der Waals surface area contributed by atoms with Crippen LogP contribution in [0.15, 0.2) is 29.4 Å². The zero-order chi connectivity index (χ0) is 15.5. The van der Waals surface area contributed by atoms with Gasteiger partial charge < -0.3 is 21.2 Å². The molecule has 7 heteroatoms. The van der Waals surface area contributed by atoms with Gasteiger partial charge in [-0.05, 0) is 38.1 Å². The Morgan fingerprint density at radius 3 is 2.71 bits per heavy atom. The van der Waals surface area contributed by atoms with Crippen LogP contribution in [0.25, 0.3) is 0 Å². The summed E-state index contributed by atoms with van der Waals surface area (Å²) in [6, 6.07) is 5.42. The molecule has 0 aromatic heterocycles. The van der Waals surface area contributed by atoms with Crippen molar-refractivity contribution in [2.24, 2.45) is 10.9 Å². The number of nitrogens with zero attached hydrogens (tertiary/aromatic N) is 2. The van der Waals surface area contributed by atoms with E-state index in [1.54, 1.807) is 0 Å². The molecule has 1 amide bonds. The maximum Gasteiger partial charge on any atom is 0.252 e. The number of piperidine rings is 1. The third-order valence-corrected chi connectivity index (χ3v) is 3.88. The minimum atomic E-state index is -0.898. The summed E-state index contributed by atoms with van der Waals surface area (Å²) >= 11 is 0. The van der Waals surface area contributed by atoms with Crippen LogP contribution in [0.3, 0.4) is 0 Å². The van der Waals surface area contributed by atoms with Crippen molar-refractivity contribution in [2.45, 2.75) is 18.4 Å². The second kappa shape index (κ2) is 6.09. The number of benzene rings is 1. The molecule has 0 atom stereocenters. The number of nitrogens with one attached hydrogen (secondary N) is 1. The smallest absolute Gasteiger partial charge is 0.252 e. The quantitative estimate of drug-likeness (QED) is 0.332. The highest BCUT2D eigenvalue weighted by atomic mass is 19.1. The molecule has 1 aliphatic rings. The lowest BCUT2D eigenvalue weighted by Crippen LogP contribution is -2.62. The highest BCUT2D eigenvalue weighted by molar-refractivity contribution is 6.00. The van der Waals surface area contributed by atoms with E-state index in [1.807, 2.05) is 7.05 Å². The summed E-state index contributed by atoms with van der Waals surface area (Å²) in [7, 11) is 1.96. The average molecular weight is 294 g/mol. The van der Waals surface area contributed by atoms with Crippen LogP contribution in [-0.4, -0.2) is 47.5 Å². The van der Waals surface area contributed by atoms with Gasteiger partial charge in [-0.2, -0.15) is 0 Å². The molecule has 2 rings (SSSR count). The number of rotatable bonds is 3.